The molecule has 4 heterocycles. The molecule has 2 aromatic heterocycles. The number of carboxylic acids is 1. The highest BCUT2D eigenvalue weighted by molar-refractivity contribution is 8.13. The summed E-state index contributed by atoms with van der Waals surface area (Å²) in [4.78, 5) is 56.8. The number of terminal acetylenes is 1. The van der Waals surface area contributed by atoms with Crippen molar-refractivity contribution in [3.05, 3.63) is 70.1 Å². The molecule has 0 spiro atoms. The molecule has 2 aliphatic heterocycles. The van der Waals surface area contributed by atoms with Gasteiger partial charge < -0.3 is 28.9 Å². The van der Waals surface area contributed by atoms with Gasteiger partial charge in [0.2, 0.25) is 4.80 Å². The van der Waals surface area contributed by atoms with Crippen LogP contribution in [0.2, 0.25) is 5.15 Å². The van der Waals surface area contributed by atoms with Crippen LogP contribution in [0.25, 0.3) is 11.3 Å². The first-order chi connectivity index (χ1) is 29.0. The third kappa shape index (κ3) is 15.9. The highest BCUT2D eigenvalue weighted by Crippen LogP contribution is 2.38. The Morgan fingerprint density at radius 2 is 1.87 bits per heavy atom. The van der Waals surface area contributed by atoms with Crippen molar-refractivity contribution < 1.29 is 47.7 Å². The van der Waals surface area contributed by atoms with Crippen molar-refractivity contribution in [1.82, 2.24) is 24.5 Å². The van der Waals surface area contributed by atoms with Crippen LogP contribution in [0.15, 0.2) is 53.5 Å². The number of carboxylic acid groups (broad SMARTS) is 1. The largest absolute Gasteiger partial charge is 0.481 e. The van der Waals surface area contributed by atoms with E-state index in [1.54, 1.807) is 0 Å². The zero-order valence-electron chi connectivity index (χ0n) is 33.9. The summed E-state index contributed by atoms with van der Waals surface area (Å²) in [7, 11) is -4.10. The number of nitrogens with one attached hydrogen (secondary N) is 1. The van der Waals surface area contributed by atoms with Crippen LogP contribution in [0.1, 0.15) is 65.1 Å². The molecule has 328 valence electrons. The molecule has 0 saturated carbocycles. The average molecular weight is 920 g/mol. The molecular formula is C40H48ClFN7O9PS2. The number of rotatable bonds is 15. The summed E-state index contributed by atoms with van der Waals surface area (Å²) in [5.41, 5.74) is 2.02. The minimum absolute atomic E-state index is 0.0964. The van der Waals surface area contributed by atoms with Gasteiger partial charge >= 0.3 is 18.9 Å². The molecule has 16 nitrogen and oxygen atoms in total. The number of aliphatic carboxylic acids is 1. The lowest BCUT2D eigenvalue weighted by Crippen LogP contribution is -2.39. The van der Waals surface area contributed by atoms with Crippen molar-refractivity contribution in [2.45, 2.75) is 72.3 Å². The fourth-order valence-electron chi connectivity index (χ4n) is 5.94. The van der Waals surface area contributed by atoms with Gasteiger partial charge in [0.1, 0.15) is 23.0 Å². The standard InChI is InChI=1S/C19H23ClN2O2S.C18H17FN4O2S.C3H8NO5P/c1-2-3-4-5-6-10-13-25-19(23)24-16-14-17(20)21-22-18(16)15-11-8-7-9-12-15;1-4-5-22-13-7-12(11(19)6-14(13)25-9-16(22)24)20-17-23-10-18(2,3)8-15(23)21-26-17;5-3(6)1-4-2-10(7,8)9/h7-9,11-12,14H,2-6,10,13H2,1H3;1,6-7H,5,8-10H2,2-3H3;4H,1-2H2,(H,5,6)(H2,7,8,9)/b;20-17-;. The lowest BCUT2D eigenvalue weighted by Gasteiger charge is -2.28. The normalized spacial score (nSPS) is 14.0. The zero-order chi connectivity index (χ0) is 44.6. The zero-order valence-corrected chi connectivity index (χ0v) is 37.2. The number of aromatic nitrogens is 4. The maximum absolute atomic E-state index is 14.5. The van der Waals surface area contributed by atoms with Crippen molar-refractivity contribution in [2.24, 2.45) is 10.4 Å². The summed E-state index contributed by atoms with van der Waals surface area (Å²) < 4.78 is 41.8. The van der Waals surface area contributed by atoms with E-state index < -0.39 is 32.2 Å². The second kappa shape index (κ2) is 23.5. The number of amides is 1. The summed E-state index contributed by atoms with van der Waals surface area (Å²) in [5, 5.41) is 17.8. The maximum atomic E-state index is 14.5. The molecule has 0 atom stereocenters. The van der Waals surface area contributed by atoms with E-state index in [4.69, 9.17) is 42.4 Å². The first kappa shape index (κ1) is 49.0. The number of halogens is 2. The van der Waals surface area contributed by atoms with E-state index in [9.17, 15) is 23.3 Å². The van der Waals surface area contributed by atoms with Crippen LogP contribution < -0.4 is 24.5 Å². The Labute approximate surface area is 366 Å². The molecular weight excluding hydrogens is 872 g/mol. The van der Waals surface area contributed by atoms with Crippen molar-refractivity contribution in [1.29, 1.82) is 0 Å². The average Bonchev–Trinajstić information content (AvgIpc) is 3.71. The molecule has 2 aromatic carbocycles. The quantitative estimate of drug-likeness (QED) is 0.0394. The van der Waals surface area contributed by atoms with Crippen molar-refractivity contribution in [2.75, 3.05) is 36.6 Å². The molecule has 0 bridgehead atoms. The van der Waals surface area contributed by atoms with Crippen LogP contribution in [0, 0.1) is 23.6 Å². The Hall–Kier alpha value is -4.67. The van der Waals surface area contributed by atoms with E-state index in [0.29, 0.717) is 27.7 Å². The van der Waals surface area contributed by atoms with Gasteiger partial charge in [0.25, 0.3) is 5.91 Å². The molecule has 21 heteroatoms. The lowest BCUT2D eigenvalue weighted by atomic mass is 9.92. The molecule has 2 aliphatic rings. The Bertz CT molecular complexity index is 2300. The van der Waals surface area contributed by atoms with Gasteiger partial charge in [-0.15, -0.1) is 16.6 Å². The molecule has 4 aromatic rings. The molecule has 0 saturated heterocycles. The molecule has 61 heavy (non-hydrogen) atoms. The van der Waals surface area contributed by atoms with Gasteiger partial charge in [-0.05, 0) is 29.7 Å². The van der Waals surface area contributed by atoms with Crippen LogP contribution in [0.3, 0.4) is 0 Å². The highest BCUT2D eigenvalue weighted by atomic mass is 35.5. The van der Waals surface area contributed by atoms with E-state index in [0.717, 1.165) is 42.9 Å². The number of nitrogens with zero attached hydrogens (tertiary/aromatic N) is 6. The van der Waals surface area contributed by atoms with Gasteiger partial charge in [0.15, 0.2) is 23.3 Å². The van der Waals surface area contributed by atoms with Gasteiger partial charge in [-0.2, -0.15) is 4.37 Å². The monoisotopic (exact) mass is 919 g/mol. The number of anilines is 1. The maximum Gasteiger partial charge on any atom is 0.372 e. The molecule has 0 unspecified atom stereocenters. The van der Waals surface area contributed by atoms with Gasteiger partial charge in [-0.3, -0.25) is 24.4 Å². The topological polar surface area (TPSA) is 219 Å². The summed E-state index contributed by atoms with van der Waals surface area (Å²) >= 11 is 8.34. The number of hydrogen-bond donors (Lipinski definition) is 4. The smallest absolute Gasteiger partial charge is 0.372 e. The van der Waals surface area contributed by atoms with Crippen LogP contribution in [0.5, 0.6) is 11.5 Å². The number of unbranched alkanes of at least 4 members (excludes halogenated alkanes) is 5. The van der Waals surface area contributed by atoms with Gasteiger partial charge in [0, 0.05) is 47.9 Å². The van der Waals surface area contributed by atoms with Crippen molar-refractivity contribution in [3.63, 3.8) is 0 Å². The number of thioether (sulfide) groups is 1. The lowest BCUT2D eigenvalue weighted by molar-refractivity contribution is -0.135. The van der Waals surface area contributed by atoms with E-state index >= 15 is 0 Å². The molecule has 0 aliphatic carbocycles. The molecule has 0 radical (unpaired) electrons. The number of fused-ring (bicyclic) bond motifs is 2. The Balaban J connectivity index is 0.000000221. The molecule has 0 fully saturated rings. The third-order valence-corrected chi connectivity index (χ3v) is 11.1. The van der Waals surface area contributed by atoms with Crippen LogP contribution in [-0.4, -0.2) is 82.9 Å². The van der Waals surface area contributed by atoms with Crippen LogP contribution in [0.4, 0.5) is 20.6 Å². The summed E-state index contributed by atoms with van der Waals surface area (Å²) in [6, 6.07) is 13.8. The third-order valence-electron chi connectivity index (χ3n) is 8.72. The molecule has 6 rings (SSSR count). The summed E-state index contributed by atoms with van der Waals surface area (Å²) in [6.07, 6.45) is 12.8. The second-order valence-electron chi connectivity index (χ2n) is 14.5. The fraction of sp³-hybridized carbons (Fsp3) is 0.425. The Morgan fingerprint density at radius 1 is 1.15 bits per heavy atom. The fourth-order valence-corrected chi connectivity index (χ4v) is 7.90. The molecule has 4 N–H and O–H groups in total. The van der Waals surface area contributed by atoms with Crippen LogP contribution >= 0.6 is 42.5 Å². The first-order valence-electron chi connectivity index (χ1n) is 19.2. The van der Waals surface area contributed by atoms with Crippen molar-refractivity contribution >= 4 is 71.0 Å². The highest BCUT2D eigenvalue weighted by Gasteiger charge is 2.31. The predicted octanol–water partition coefficient (Wildman–Crippen LogP) is 7.44. The van der Waals surface area contributed by atoms with E-state index in [1.165, 1.54) is 72.1 Å². The van der Waals surface area contributed by atoms with E-state index in [1.807, 2.05) is 34.9 Å². The van der Waals surface area contributed by atoms with Gasteiger partial charge in [0.05, 0.1) is 25.1 Å². The number of carbonyl (C=O) groups excluding carboxylic acids is 2. The molecule has 1 amide bonds. The summed E-state index contributed by atoms with van der Waals surface area (Å²) in [6.45, 7) is 6.82. The minimum Gasteiger partial charge on any atom is -0.481 e. The van der Waals surface area contributed by atoms with Gasteiger partial charge in [-0.25, -0.2) is 14.2 Å². The van der Waals surface area contributed by atoms with Crippen LogP contribution in [-0.2, 0) is 27.1 Å². The van der Waals surface area contributed by atoms with E-state index in [2.05, 4.69) is 51.6 Å². The minimum atomic E-state index is -4.10. The second-order valence-corrected chi connectivity index (χ2v) is 18.3. The number of ether oxygens (including phenoxy) is 2. The first-order valence-corrected chi connectivity index (χ1v) is 23.1. The van der Waals surface area contributed by atoms with Gasteiger partial charge in [-0.1, -0.05) is 101 Å². The summed E-state index contributed by atoms with van der Waals surface area (Å²) in [5.74, 6) is 2.88. The Kier molecular flexibility index (Phi) is 18.9. The number of hydrogen-bond acceptors (Lipinski definition) is 13. The Morgan fingerprint density at radius 3 is 2.56 bits per heavy atom. The van der Waals surface area contributed by atoms with Crippen molar-refractivity contribution in [3.8, 4) is 35.1 Å². The number of benzene rings is 2. The number of carbonyl (C=O) groups is 3. The van der Waals surface area contributed by atoms with E-state index in [-0.39, 0.29) is 40.6 Å². The predicted molar refractivity (Wildman–Crippen MR) is 233 cm³/mol. The SMILES string of the molecule is C#CCN1C(=O)COc2cc(F)c(/N=c3\snc4n3CC(C)(C)C4)cc21.CCCCCCCCSC(=O)Oc1cc(Cl)nnc1-c1ccccc1.O=C(O)CNCP(=O)(O)O.